The van der Waals surface area contributed by atoms with E-state index in [2.05, 4.69) is 17.2 Å². The van der Waals surface area contributed by atoms with Gasteiger partial charge in [0.1, 0.15) is 0 Å². The lowest BCUT2D eigenvalue weighted by atomic mass is 10.1. The molecule has 1 fully saturated rings. The molecule has 0 aromatic heterocycles. The van der Waals surface area contributed by atoms with Crippen LogP contribution < -0.4 is 5.32 Å². The SMILES string of the molecule is CC1(NC2=NCCCC2)CC1. The Labute approximate surface area is 68.1 Å². The molecule has 2 heteroatoms. The van der Waals surface area contributed by atoms with Crippen molar-refractivity contribution in [3.8, 4) is 0 Å². The average molecular weight is 152 g/mol. The van der Waals surface area contributed by atoms with Crippen LogP contribution >= 0.6 is 0 Å². The summed E-state index contributed by atoms with van der Waals surface area (Å²) < 4.78 is 0. The minimum atomic E-state index is 0.427. The molecule has 0 aromatic carbocycles. The van der Waals surface area contributed by atoms with E-state index >= 15 is 0 Å². The van der Waals surface area contributed by atoms with Crippen LogP contribution in [0, 0.1) is 0 Å². The molecule has 62 valence electrons. The van der Waals surface area contributed by atoms with Crippen LogP contribution in [0.3, 0.4) is 0 Å². The number of aliphatic imine (C=N–C) groups is 1. The first-order chi connectivity index (χ1) is 5.29. The smallest absolute Gasteiger partial charge is 0.0967 e. The van der Waals surface area contributed by atoms with Gasteiger partial charge in [0.25, 0.3) is 0 Å². The second-order valence-electron chi connectivity index (χ2n) is 3.97. The molecule has 0 radical (unpaired) electrons. The summed E-state index contributed by atoms with van der Waals surface area (Å²) in [6.07, 6.45) is 6.43. The summed E-state index contributed by atoms with van der Waals surface area (Å²) >= 11 is 0. The van der Waals surface area contributed by atoms with Crippen LogP contribution in [-0.4, -0.2) is 17.9 Å². The van der Waals surface area contributed by atoms with Crippen molar-refractivity contribution >= 4 is 5.84 Å². The molecule has 1 N–H and O–H groups in total. The largest absolute Gasteiger partial charge is 0.369 e. The van der Waals surface area contributed by atoms with Crippen molar-refractivity contribution in [2.45, 2.75) is 44.6 Å². The molecule has 0 bridgehead atoms. The highest BCUT2D eigenvalue weighted by Gasteiger charge is 2.37. The van der Waals surface area contributed by atoms with Crippen LogP contribution in [-0.2, 0) is 0 Å². The van der Waals surface area contributed by atoms with Crippen molar-refractivity contribution in [1.29, 1.82) is 0 Å². The summed E-state index contributed by atoms with van der Waals surface area (Å²) in [5.41, 5.74) is 0.427. The van der Waals surface area contributed by atoms with E-state index in [-0.39, 0.29) is 0 Å². The minimum absolute atomic E-state index is 0.427. The molecular formula is C9H16N2. The maximum absolute atomic E-state index is 4.46. The fraction of sp³-hybridized carbons (Fsp3) is 0.889. The summed E-state index contributed by atoms with van der Waals surface area (Å²) in [4.78, 5) is 4.46. The normalized spacial score (nSPS) is 27.5. The topological polar surface area (TPSA) is 24.4 Å². The Morgan fingerprint density at radius 3 is 2.73 bits per heavy atom. The Kier molecular flexibility index (Phi) is 1.63. The predicted octanol–water partition coefficient (Wildman–Crippen LogP) is 1.71. The summed E-state index contributed by atoms with van der Waals surface area (Å²) in [5, 5.41) is 3.52. The van der Waals surface area contributed by atoms with Gasteiger partial charge in [0.15, 0.2) is 0 Å². The van der Waals surface area contributed by atoms with Crippen molar-refractivity contribution in [1.82, 2.24) is 5.32 Å². The van der Waals surface area contributed by atoms with Gasteiger partial charge in [-0.05, 0) is 32.6 Å². The lowest BCUT2D eigenvalue weighted by Gasteiger charge is -2.18. The van der Waals surface area contributed by atoms with Gasteiger partial charge in [-0.2, -0.15) is 0 Å². The second kappa shape index (κ2) is 2.50. The molecule has 11 heavy (non-hydrogen) atoms. The van der Waals surface area contributed by atoms with E-state index < -0.39 is 0 Å². The molecule has 2 rings (SSSR count). The van der Waals surface area contributed by atoms with Gasteiger partial charge in [-0.15, -0.1) is 0 Å². The Morgan fingerprint density at radius 2 is 2.18 bits per heavy atom. The van der Waals surface area contributed by atoms with E-state index in [0.717, 1.165) is 6.54 Å². The van der Waals surface area contributed by atoms with Gasteiger partial charge >= 0.3 is 0 Å². The predicted molar refractivity (Wildman–Crippen MR) is 46.9 cm³/mol. The van der Waals surface area contributed by atoms with Crippen LogP contribution in [0.15, 0.2) is 4.99 Å². The van der Waals surface area contributed by atoms with Crippen LogP contribution in [0.4, 0.5) is 0 Å². The van der Waals surface area contributed by atoms with Gasteiger partial charge in [0, 0.05) is 18.5 Å². The molecule has 0 aromatic rings. The lowest BCUT2D eigenvalue weighted by Crippen LogP contribution is -2.35. The van der Waals surface area contributed by atoms with E-state index in [1.54, 1.807) is 0 Å². The summed E-state index contributed by atoms with van der Waals surface area (Å²) in [5.74, 6) is 1.26. The number of nitrogens with one attached hydrogen (secondary N) is 1. The molecule has 1 aliphatic heterocycles. The first-order valence-corrected chi connectivity index (χ1v) is 4.60. The van der Waals surface area contributed by atoms with Crippen molar-refractivity contribution in [2.24, 2.45) is 4.99 Å². The van der Waals surface area contributed by atoms with E-state index in [1.807, 2.05) is 0 Å². The first kappa shape index (κ1) is 7.14. The van der Waals surface area contributed by atoms with Crippen LogP contribution in [0.5, 0.6) is 0 Å². The van der Waals surface area contributed by atoms with Crippen molar-refractivity contribution in [3.05, 3.63) is 0 Å². The molecule has 0 atom stereocenters. The van der Waals surface area contributed by atoms with Crippen molar-refractivity contribution in [2.75, 3.05) is 6.54 Å². The van der Waals surface area contributed by atoms with Crippen LogP contribution in [0.1, 0.15) is 39.0 Å². The molecule has 0 amide bonds. The van der Waals surface area contributed by atoms with Gasteiger partial charge < -0.3 is 5.32 Å². The van der Waals surface area contributed by atoms with Crippen molar-refractivity contribution < 1.29 is 0 Å². The average Bonchev–Trinajstić information content (AvgIpc) is 2.70. The van der Waals surface area contributed by atoms with E-state index in [9.17, 15) is 0 Å². The number of hydrogen-bond acceptors (Lipinski definition) is 2. The Morgan fingerprint density at radius 1 is 1.36 bits per heavy atom. The molecule has 0 unspecified atom stereocenters. The van der Waals surface area contributed by atoms with Crippen LogP contribution in [0.25, 0.3) is 0 Å². The van der Waals surface area contributed by atoms with E-state index in [4.69, 9.17) is 0 Å². The minimum Gasteiger partial charge on any atom is -0.369 e. The van der Waals surface area contributed by atoms with E-state index in [0.29, 0.717) is 5.54 Å². The fourth-order valence-corrected chi connectivity index (χ4v) is 1.46. The zero-order chi connectivity index (χ0) is 7.73. The summed E-state index contributed by atoms with van der Waals surface area (Å²) in [6.45, 7) is 3.32. The maximum Gasteiger partial charge on any atom is 0.0967 e. The fourth-order valence-electron chi connectivity index (χ4n) is 1.46. The second-order valence-corrected chi connectivity index (χ2v) is 3.97. The van der Waals surface area contributed by atoms with Gasteiger partial charge in [0.05, 0.1) is 5.84 Å². The highest BCUT2D eigenvalue weighted by molar-refractivity contribution is 5.83. The molecule has 2 nitrogen and oxygen atoms in total. The third kappa shape index (κ3) is 1.73. The highest BCUT2D eigenvalue weighted by Crippen LogP contribution is 2.34. The zero-order valence-electron chi connectivity index (χ0n) is 7.19. The van der Waals surface area contributed by atoms with Gasteiger partial charge in [-0.1, -0.05) is 0 Å². The molecule has 1 heterocycles. The molecule has 1 aliphatic carbocycles. The maximum atomic E-state index is 4.46. The lowest BCUT2D eigenvalue weighted by molar-refractivity contribution is 0.626. The van der Waals surface area contributed by atoms with Gasteiger partial charge in [-0.25, -0.2) is 0 Å². The first-order valence-electron chi connectivity index (χ1n) is 4.60. The highest BCUT2D eigenvalue weighted by atomic mass is 15.1. The Balaban J connectivity index is 1.89. The monoisotopic (exact) mass is 152 g/mol. The Hall–Kier alpha value is -0.530. The quantitative estimate of drug-likeness (QED) is 0.607. The molecular weight excluding hydrogens is 136 g/mol. The van der Waals surface area contributed by atoms with Crippen LogP contribution in [0.2, 0.25) is 0 Å². The molecule has 0 saturated heterocycles. The number of nitrogens with zero attached hydrogens (tertiary/aromatic N) is 1. The third-order valence-electron chi connectivity index (χ3n) is 2.57. The third-order valence-corrected chi connectivity index (χ3v) is 2.57. The molecule has 0 spiro atoms. The summed E-state index contributed by atoms with van der Waals surface area (Å²) in [7, 11) is 0. The van der Waals surface area contributed by atoms with E-state index in [1.165, 1.54) is 37.9 Å². The van der Waals surface area contributed by atoms with Crippen molar-refractivity contribution in [3.63, 3.8) is 0 Å². The molecule has 2 aliphatic rings. The molecule has 1 saturated carbocycles. The summed E-state index contributed by atoms with van der Waals surface area (Å²) in [6, 6.07) is 0. The zero-order valence-corrected chi connectivity index (χ0v) is 7.19. The van der Waals surface area contributed by atoms with Gasteiger partial charge in [-0.3, -0.25) is 4.99 Å². The standard InChI is InChI=1S/C9H16N2/c1-9(5-6-9)11-8-4-2-3-7-10-8/h2-7H2,1H3,(H,10,11). The van der Waals surface area contributed by atoms with Gasteiger partial charge in [0.2, 0.25) is 0 Å². The Bertz CT molecular complexity index is 180. The number of amidine groups is 1. The number of hydrogen-bond donors (Lipinski definition) is 1. The number of rotatable bonds is 1.